The van der Waals surface area contributed by atoms with Gasteiger partial charge in [0.25, 0.3) is 5.91 Å². The summed E-state index contributed by atoms with van der Waals surface area (Å²) in [6, 6.07) is 9.33. The molecule has 134 valence electrons. The van der Waals surface area contributed by atoms with Gasteiger partial charge in [0.1, 0.15) is 5.82 Å². The van der Waals surface area contributed by atoms with Crippen molar-refractivity contribution in [2.75, 3.05) is 12.9 Å². The van der Waals surface area contributed by atoms with E-state index in [9.17, 15) is 9.18 Å². The number of thioether (sulfide) groups is 1. The third-order valence-corrected chi connectivity index (χ3v) is 4.07. The number of methoxy groups -OCH3 is 1. The van der Waals surface area contributed by atoms with E-state index in [1.807, 2.05) is 0 Å². The number of amides is 1. The van der Waals surface area contributed by atoms with E-state index in [4.69, 9.17) is 4.42 Å². The molecule has 0 aliphatic carbocycles. The molecule has 0 aliphatic heterocycles. The van der Waals surface area contributed by atoms with Crippen LogP contribution in [0, 0.1) is 5.82 Å². The van der Waals surface area contributed by atoms with Crippen LogP contribution in [-0.4, -0.2) is 39.9 Å². The van der Waals surface area contributed by atoms with Gasteiger partial charge in [-0.1, -0.05) is 11.8 Å². The molecule has 0 unspecified atom stereocenters. The molecule has 0 atom stereocenters. The standard InChI is InChI=1S/C16H14FN5O3S/c1-24-10-18-19-14(23)9-26-16-21-20-15(13-3-2-8-25-13)22(16)12-6-4-11(17)5-7-12/h2-8,10H,9H2,1H3,(H,19,23)/b18-10+. The lowest BCUT2D eigenvalue weighted by atomic mass is 10.3. The van der Waals surface area contributed by atoms with Gasteiger partial charge >= 0.3 is 0 Å². The smallest absolute Gasteiger partial charge is 0.250 e. The van der Waals surface area contributed by atoms with Gasteiger partial charge in [0, 0.05) is 0 Å². The van der Waals surface area contributed by atoms with E-state index >= 15 is 0 Å². The van der Waals surface area contributed by atoms with Gasteiger partial charge in [0.2, 0.25) is 5.82 Å². The number of rotatable bonds is 7. The molecule has 8 nitrogen and oxygen atoms in total. The topological polar surface area (TPSA) is 94.5 Å². The van der Waals surface area contributed by atoms with Crippen molar-refractivity contribution in [2.24, 2.45) is 5.10 Å². The molecule has 1 N–H and O–H groups in total. The highest BCUT2D eigenvalue weighted by Gasteiger charge is 2.18. The predicted molar refractivity (Wildman–Crippen MR) is 93.4 cm³/mol. The van der Waals surface area contributed by atoms with Crippen LogP contribution in [0.5, 0.6) is 0 Å². The molecule has 2 heterocycles. The van der Waals surface area contributed by atoms with Crippen LogP contribution in [-0.2, 0) is 9.53 Å². The fraction of sp³-hybridized carbons (Fsp3) is 0.125. The summed E-state index contributed by atoms with van der Waals surface area (Å²) in [5.41, 5.74) is 2.96. The maximum Gasteiger partial charge on any atom is 0.250 e. The van der Waals surface area contributed by atoms with Gasteiger partial charge in [-0.15, -0.1) is 15.3 Å². The van der Waals surface area contributed by atoms with E-state index in [0.717, 1.165) is 18.2 Å². The van der Waals surface area contributed by atoms with Gasteiger partial charge in [-0.3, -0.25) is 9.36 Å². The maximum absolute atomic E-state index is 13.3. The summed E-state index contributed by atoms with van der Waals surface area (Å²) in [5.74, 6) is 0.311. The molecule has 26 heavy (non-hydrogen) atoms. The van der Waals surface area contributed by atoms with Crippen LogP contribution < -0.4 is 5.43 Å². The number of hydrazone groups is 1. The van der Waals surface area contributed by atoms with E-state index < -0.39 is 0 Å². The number of ether oxygens (including phenoxy) is 1. The van der Waals surface area contributed by atoms with Gasteiger partial charge in [0.15, 0.2) is 17.3 Å². The Hall–Kier alpha value is -3.14. The molecule has 1 amide bonds. The van der Waals surface area contributed by atoms with E-state index in [-0.39, 0.29) is 17.5 Å². The average Bonchev–Trinajstić information content (AvgIpc) is 3.30. The van der Waals surface area contributed by atoms with Crippen LogP contribution in [0.1, 0.15) is 0 Å². The first kappa shape index (κ1) is 17.7. The first-order valence-electron chi connectivity index (χ1n) is 7.40. The fourth-order valence-electron chi connectivity index (χ4n) is 2.07. The Morgan fingerprint density at radius 3 is 2.88 bits per heavy atom. The van der Waals surface area contributed by atoms with Gasteiger partial charge < -0.3 is 9.15 Å². The zero-order valence-electron chi connectivity index (χ0n) is 13.6. The normalized spacial score (nSPS) is 11.0. The molecule has 0 saturated heterocycles. The predicted octanol–water partition coefficient (Wildman–Crippen LogP) is 2.46. The van der Waals surface area contributed by atoms with Crippen molar-refractivity contribution in [3.05, 3.63) is 48.5 Å². The Bertz CT molecular complexity index is 893. The number of carbonyl (C=O) groups is 1. The van der Waals surface area contributed by atoms with Crippen molar-refractivity contribution in [1.29, 1.82) is 0 Å². The lowest BCUT2D eigenvalue weighted by Gasteiger charge is -2.08. The Labute approximate surface area is 152 Å². The third-order valence-electron chi connectivity index (χ3n) is 3.14. The van der Waals surface area contributed by atoms with Crippen LogP contribution in [0.2, 0.25) is 0 Å². The minimum atomic E-state index is -0.356. The fourth-order valence-corrected chi connectivity index (χ4v) is 2.81. The zero-order chi connectivity index (χ0) is 18.4. The number of hydrogen-bond donors (Lipinski definition) is 1. The molecule has 0 aliphatic rings. The summed E-state index contributed by atoms with van der Waals surface area (Å²) in [5, 5.41) is 12.3. The molecule has 0 radical (unpaired) electrons. The Morgan fingerprint density at radius 1 is 1.38 bits per heavy atom. The van der Waals surface area contributed by atoms with Crippen molar-refractivity contribution in [3.63, 3.8) is 0 Å². The summed E-state index contributed by atoms with van der Waals surface area (Å²) < 4.78 is 24.9. The van der Waals surface area contributed by atoms with Crippen LogP contribution in [0.3, 0.4) is 0 Å². The summed E-state index contributed by atoms with van der Waals surface area (Å²) in [6.45, 7) is 0. The van der Waals surface area contributed by atoms with Crippen molar-refractivity contribution in [1.82, 2.24) is 20.2 Å². The number of benzene rings is 1. The van der Waals surface area contributed by atoms with Gasteiger partial charge in [-0.2, -0.15) is 0 Å². The van der Waals surface area contributed by atoms with E-state index in [1.165, 1.54) is 25.5 Å². The quantitative estimate of drug-likeness (QED) is 0.295. The van der Waals surface area contributed by atoms with Crippen LogP contribution in [0.25, 0.3) is 17.3 Å². The summed E-state index contributed by atoms with van der Waals surface area (Å²) in [4.78, 5) is 11.8. The molecule has 3 aromatic rings. The molecule has 1 aromatic carbocycles. The Morgan fingerprint density at radius 2 is 2.19 bits per heavy atom. The molecule has 0 spiro atoms. The largest absolute Gasteiger partial charge is 0.485 e. The number of furan rings is 1. The molecule has 2 aromatic heterocycles. The molecule has 0 saturated carbocycles. The Kier molecular flexibility index (Phi) is 5.64. The highest BCUT2D eigenvalue weighted by atomic mass is 32.2. The number of halogens is 1. The molecule has 10 heteroatoms. The maximum atomic E-state index is 13.3. The first-order chi connectivity index (χ1) is 12.7. The van der Waals surface area contributed by atoms with E-state index in [2.05, 4.69) is 25.5 Å². The molecular weight excluding hydrogens is 361 g/mol. The van der Waals surface area contributed by atoms with E-state index in [1.54, 1.807) is 28.8 Å². The summed E-state index contributed by atoms with van der Waals surface area (Å²) in [6.07, 6.45) is 2.63. The average molecular weight is 375 g/mol. The SMILES string of the molecule is CO/C=N/NC(=O)CSc1nnc(-c2ccco2)n1-c1ccc(F)cc1. The second kappa shape index (κ2) is 8.30. The second-order valence-electron chi connectivity index (χ2n) is 4.89. The van der Waals surface area contributed by atoms with Crippen molar-refractivity contribution < 1.29 is 18.3 Å². The number of aromatic nitrogens is 3. The molecular formula is C16H14FN5O3S. The van der Waals surface area contributed by atoms with Crippen molar-refractivity contribution in [2.45, 2.75) is 5.16 Å². The highest BCUT2D eigenvalue weighted by Crippen LogP contribution is 2.28. The number of carbonyl (C=O) groups excluding carboxylic acids is 1. The Balaban J connectivity index is 1.87. The zero-order valence-corrected chi connectivity index (χ0v) is 14.4. The number of nitrogens with one attached hydrogen (secondary N) is 1. The molecule has 3 rings (SSSR count). The first-order valence-corrected chi connectivity index (χ1v) is 8.39. The van der Waals surface area contributed by atoms with Gasteiger partial charge in [-0.05, 0) is 36.4 Å². The van der Waals surface area contributed by atoms with Gasteiger partial charge in [0.05, 0.1) is 24.8 Å². The lowest BCUT2D eigenvalue weighted by molar-refractivity contribution is -0.118. The van der Waals surface area contributed by atoms with Gasteiger partial charge in [-0.25, -0.2) is 9.82 Å². The lowest BCUT2D eigenvalue weighted by Crippen LogP contribution is -2.20. The summed E-state index contributed by atoms with van der Waals surface area (Å²) in [7, 11) is 1.42. The summed E-state index contributed by atoms with van der Waals surface area (Å²) >= 11 is 1.16. The van der Waals surface area contributed by atoms with Crippen LogP contribution in [0.15, 0.2) is 57.3 Å². The monoisotopic (exact) mass is 375 g/mol. The van der Waals surface area contributed by atoms with Crippen molar-refractivity contribution >= 4 is 24.1 Å². The minimum Gasteiger partial charge on any atom is -0.485 e. The third kappa shape index (κ3) is 4.09. The number of hydrogen-bond acceptors (Lipinski definition) is 7. The molecule has 0 bridgehead atoms. The molecule has 0 fully saturated rings. The van der Waals surface area contributed by atoms with Crippen LogP contribution in [0.4, 0.5) is 4.39 Å². The van der Waals surface area contributed by atoms with E-state index in [0.29, 0.717) is 22.4 Å². The minimum absolute atomic E-state index is 0.0541. The highest BCUT2D eigenvalue weighted by molar-refractivity contribution is 7.99. The second-order valence-corrected chi connectivity index (χ2v) is 5.83. The van der Waals surface area contributed by atoms with Crippen LogP contribution >= 0.6 is 11.8 Å². The number of nitrogens with zero attached hydrogens (tertiary/aromatic N) is 4. The van der Waals surface area contributed by atoms with Crippen molar-refractivity contribution in [3.8, 4) is 17.3 Å².